The summed E-state index contributed by atoms with van der Waals surface area (Å²) >= 11 is 3.42. The predicted octanol–water partition coefficient (Wildman–Crippen LogP) is 4.96. The van der Waals surface area contributed by atoms with Crippen LogP contribution in [0.2, 0.25) is 0 Å². The van der Waals surface area contributed by atoms with E-state index in [0.717, 1.165) is 52.6 Å². The largest absolute Gasteiger partial charge is 0.356 e. The van der Waals surface area contributed by atoms with E-state index in [1.54, 1.807) is 6.33 Å². The molecule has 0 bridgehead atoms. The van der Waals surface area contributed by atoms with Gasteiger partial charge < -0.3 is 9.88 Å². The Morgan fingerprint density at radius 2 is 1.90 bits per heavy atom. The van der Waals surface area contributed by atoms with Crippen molar-refractivity contribution in [1.82, 2.24) is 15.0 Å². The highest BCUT2D eigenvalue weighted by molar-refractivity contribution is 9.10. The average Bonchev–Trinajstić information content (AvgIpc) is 3.18. The van der Waals surface area contributed by atoms with E-state index in [1.165, 1.54) is 0 Å². The van der Waals surface area contributed by atoms with Gasteiger partial charge in [0.05, 0.1) is 11.1 Å². The lowest BCUT2D eigenvalue weighted by Gasteiger charge is -2.35. The Bertz CT molecular complexity index is 1070. The molecule has 4 rings (SSSR count). The summed E-state index contributed by atoms with van der Waals surface area (Å²) in [5, 5.41) is 1.04. The van der Waals surface area contributed by atoms with E-state index in [1.807, 2.05) is 36.5 Å². The summed E-state index contributed by atoms with van der Waals surface area (Å²) in [6, 6.07) is 10.2. The molecule has 8 heteroatoms. The molecule has 1 atom stereocenters. The highest BCUT2D eigenvalue weighted by Gasteiger charge is 2.27. The maximum absolute atomic E-state index is 12.9. The maximum Gasteiger partial charge on any atom is 0.142 e. The number of aromatic amines is 1. The third-order valence-corrected chi connectivity index (χ3v) is 8.19. The van der Waals surface area contributed by atoms with Crippen molar-refractivity contribution in [2.75, 3.05) is 17.7 Å². The van der Waals surface area contributed by atoms with Crippen molar-refractivity contribution in [3.8, 4) is 0 Å². The van der Waals surface area contributed by atoms with Crippen LogP contribution in [0, 0.1) is 10.7 Å². The Balaban J connectivity index is 1.35. The normalized spacial score (nSPS) is 21.7. The fraction of sp³-hybridized carbons (Fsp3) is 0.429. The molecule has 1 aromatic carbocycles. The van der Waals surface area contributed by atoms with Crippen LogP contribution in [0.5, 0.6) is 0 Å². The minimum absolute atomic E-state index is 0.340. The van der Waals surface area contributed by atoms with Gasteiger partial charge in [-0.25, -0.2) is 14.2 Å². The van der Waals surface area contributed by atoms with Crippen LogP contribution < -0.4 is 4.90 Å². The number of rotatable bonds is 6. The summed E-state index contributed by atoms with van der Waals surface area (Å²) in [6.45, 7) is 0. The summed E-state index contributed by atoms with van der Waals surface area (Å²) in [5.41, 5.74) is 1.83. The molecule has 3 aromatic rings. The summed E-state index contributed by atoms with van der Waals surface area (Å²) in [4.78, 5) is 14.2. The molecule has 0 amide bonds. The molecule has 0 saturated heterocycles. The van der Waals surface area contributed by atoms with Gasteiger partial charge in [0, 0.05) is 39.2 Å². The van der Waals surface area contributed by atoms with E-state index >= 15 is 0 Å². The number of benzene rings is 1. The summed E-state index contributed by atoms with van der Waals surface area (Å²) < 4.78 is 22.3. The van der Waals surface area contributed by atoms with Crippen LogP contribution in [-0.4, -0.2) is 38.0 Å². The van der Waals surface area contributed by atoms with Gasteiger partial charge in [-0.05, 0) is 55.4 Å². The molecule has 2 heterocycles. The number of nitrogens with zero attached hydrogens (tertiary/aromatic N) is 3. The van der Waals surface area contributed by atoms with Gasteiger partial charge in [0.1, 0.15) is 17.8 Å². The first-order chi connectivity index (χ1) is 13.9. The van der Waals surface area contributed by atoms with Crippen molar-refractivity contribution >= 4 is 42.5 Å². The molecule has 29 heavy (non-hydrogen) atoms. The number of aromatic nitrogens is 3. The first-order valence-electron chi connectivity index (χ1n) is 9.91. The molecule has 1 aliphatic carbocycles. The van der Waals surface area contributed by atoms with Gasteiger partial charge in [0.2, 0.25) is 0 Å². The van der Waals surface area contributed by atoms with Crippen LogP contribution in [0.3, 0.4) is 0 Å². The molecule has 2 aromatic heterocycles. The third kappa shape index (κ3) is 4.80. The minimum Gasteiger partial charge on any atom is -0.356 e. The van der Waals surface area contributed by atoms with Gasteiger partial charge in [-0.2, -0.15) is 0 Å². The highest BCUT2D eigenvalue weighted by atomic mass is 79.9. The van der Waals surface area contributed by atoms with Crippen LogP contribution >= 0.6 is 15.9 Å². The fourth-order valence-electron chi connectivity index (χ4n) is 4.30. The molecule has 0 aliphatic heterocycles. The molecule has 0 spiro atoms. The smallest absolute Gasteiger partial charge is 0.142 e. The van der Waals surface area contributed by atoms with Crippen LogP contribution in [0.15, 0.2) is 47.3 Å². The van der Waals surface area contributed by atoms with Crippen molar-refractivity contribution < 1.29 is 4.21 Å². The minimum atomic E-state index is -2.61. The second kappa shape index (κ2) is 8.44. The molecule has 6 nitrogen and oxygen atoms in total. The standard InChI is InChI=1S/C21H26BrN5OS/c1-27(21-19-10-11-24-20(19)25-14-26-21)18-8-4-16(5-9-18)13-29(23,28)12-15-2-6-17(22)7-3-15/h2-3,6-7,10-11,14,16,18,23H,4-5,8-9,12-13H2,1H3,(H,24,25,26)/t16-,18-,29?. The Hall–Kier alpha value is -1.93. The van der Waals surface area contributed by atoms with Crippen LogP contribution in [-0.2, 0) is 15.5 Å². The molecular formula is C21H26BrN5OS. The lowest BCUT2D eigenvalue weighted by molar-refractivity contribution is 0.342. The molecule has 0 radical (unpaired) electrons. The summed E-state index contributed by atoms with van der Waals surface area (Å²) in [5.74, 6) is 2.15. The monoisotopic (exact) mass is 475 g/mol. The Kier molecular flexibility index (Phi) is 5.92. The van der Waals surface area contributed by atoms with Crippen molar-refractivity contribution in [2.24, 2.45) is 5.92 Å². The zero-order valence-electron chi connectivity index (χ0n) is 16.5. The predicted molar refractivity (Wildman–Crippen MR) is 122 cm³/mol. The van der Waals surface area contributed by atoms with E-state index in [4.69, 9.17) is 4.78 Å². The van der Waals surface area contributed by atoms with E-state index in [-0.39, 0.29) is 0 Å². The first kappa shape index (κ1) is 20.3. The summed E-state index contributed by atoms with van der Waals surface area (Å²) in [6.07, 6.45) is 7.58. The molecule has 1 saturated carbocycles. The van der Waals surface area contributed by atoms with E-state index in [2.05, 4.69) is 42.8 Å². The molecule has 1 aliphatic rings. The quantitative estimate of drug-likeness (QED) is 0.527. The molecule has 1 fully saturated rings. The average molecular weight is 476 g/mol. The zero-order valence-corrected chi connectivity index (χ0v) is 18.9. The Morgan fingerprint density at radius 3 is 2.62 bits per heavy atom. The SMILES string of the molecule is CN(c1ncnc2[nH]ccc12)[C@H]1CC[C@H](CS(=N)(=O)Cc2ccc(Br)cc2)CC1. The van der Waals surface area contributed by atoms with Gasteiger partial charge in [0.25, 0.3) is 0 Å². The molecule has 154 valence electrons. The lowest BCUT2D eigenvalue weighted by atomic mass is 9.86. The molecule has 2 N–H and O–H groups in total. The molecular weight excluding hydrogens is 450 g/mol. The highest BCUT2D eigenvalue weighted by Crippen LogP contribution is 2.32. The van der Waals surface area contributed by atoms with E-state index in [0.29, 0.717) is 23.5 Å². The maximum atomic E-state index is 12.9. The summed E-state index contributed by atoms with van der Waals surface area (Å²) in [7, 11) is -0.514. The number of H-pyrrole nitrogens is 1. The third-order valence-electron chi connectivity index (χ3n) is 5.85. The van der Waals surface area contributed by atoms with Crippen molar-refractivity contribution in [3.63, 3.8) is 0 Å². The van der Waals surface area contributed by atoms with Gasteiger partial charge in [-0.1, -0.05) is 28.1 Å². The van der Waals surface area contributed by atoms with Gasteiger partial charge in [0.15, 0.2) is 0 Å². The lowest BCUT2D eigenvalue weighted by Crippen LogP contribution is -2.37. The number of anilines is 1. The van der Waals surface area contributed by atoms with Crippen molar-refractivity contribution in [2.45, 2.75) is 37.5 Å². The first-order valence-corrected chi connectivity index (χ1v) is 12.6. The molecule has 1 unspecified atom stereocenters. The second-order valence-electron chi connectivity index (χ2n) is 7.97. The van der Waals surface area contributed by atoms with Crippen LogP contribution in [0.1, 0.15) is 31.2 Å². The van der Waals surface area contributed by atoms with Crippen molar-refractivity contribution in [3.05, 3.63) is 52.9 Å². The Labute approximate surface area is 180 Å². The zero-order chi connectivity index (χ0) is 20.4. The van der Waals surface area contributed by atoms with Gasteiger partial charge in [-0.15, -0.1) is 0 Å². The van der Waals surface area contributed by atoms with Gasteiger partial charge in [-0.3, -0.25) is 4.78 Å². The number of hydrogen-bond acceptors (Lipinski definition) is 5. The van der Waals surface area contributed by atoms with Crippen LogP contribution in [0.4, 0.5) is 5.82 Å². The van der Waals surface area contributed by atoms with Gasteiger partial charge >= 0.3 is 0 Å². The fourth-order valence-corrected chi connectivity index (χ4v) is 6.51. The van der Waals surface area contributed by atoms with E-state index in [9.17, 15) is 4.21 Å². The number of hydrogen-bond donors (Lipinski definition) is 2. The topological polar surface area (TPSA) is 85.7 Å². The second-order valence-corrected chi connectivity index (χ2v) is 11.1. The van der Waals surface area contributed by atoms with Crippen molar-refractivity contribution in [1.29, 1.82) is 4.78 Å². The number of fused-ring (bicyclic) bond motifs is 1. The van der Waals surface area contributed by atoms with Crippen LogP contribution in [0.25, 0.3) is 11.0 Å². The number of nitrogens with one attached hydrogen (secondary N) is 2. The number of halogens is 1. The Morgan fingerprint density at radius 1 is 1.17 bits per heavy atom. The van der Waals surface area contributed by atoms with E-state index < -0.39 is 9.73 Å².